The smallest absolute Gasteiger partial charge is 0.221 e. The molecule has 0 aliphatic rings. The zero-order valence-corrected chi connectivity index (χ0v) is 11.3. The summed E-state index contributed by atoms with van der Waals surface area (Å²) in [5, 5.41) is 0. The lowest BCUT2D eigenvalue weighted by atomic mass is 9.96. The highest BCUT2D eigenvalue weighted by Gasteiger charge is 2.13. The average molecular weight is 261 g/mol. The maximum Gasteiger partial charge on any atom is 0.221 e. The van der Waals surface area contributed by atoms with Crippen molar-refractivity contribution in [1.29, 1.82) is 0 Å². The molecule has 0 unspecified atom stereocenters. The minimum Gasteiger partial charge on any atom is -0.481 e. The maximum atomic E-state index is 5.45. The van der Waals surface area contributed by atoms with Crippen LogP contribution in [0, 0.1) is 0 Å². The van der Waals surface area contributed by atoms with E-state index in [2.05, 4.69) is 29.2 Å². The lowest BCUT2D eigenvalue weighted by molar-refractivity contribution is 0.400. The largest absolute Gasteiger partial charge is 0.481 e. The van der Waals surface area contributed by atoms with Crippen LogP contribution in [0.25, 0.3) is 22.3 Å². The van der Waals surface area contributed by atoms with E-state index in [1.165, 1.54) is 0 Å². The van der Waals surface area contributed by atoms with Gasteiger partial charge < -0.3 is 4.74 Å². The van der Waals surface area contributed by atoms with Crippen LogP contribution in [0.2, 0.25) is 0 Å². The summed E-state index contributed by atoms with van der Waals surface area (Å²) in [5.74, 6) is 0.651. The molecule has 0 fully saturated rings. The van der Waals surface area contributed by atoms with Gasteiger partial charge in [0.2, 0.25) is 5.88 Å². The molecule has 0 bridgehead atoms. The van der Waals surface area contributed by atoms with Crippen LogP contribution in [0.4, 0.5) is 0 Å². The van der Waals surface area contributed by atoms with Crippen molar-refractivity contribution in [3.8, 4) is 28.1 Å². The third-order valence-corrected chi connectivity index (χ3v) is 3.26. The van der Waals surface area contributed by atoms with Crippen molar-refractivity contribution in [2.75, 3.05) is 7.11 Å². The van der Waals surface area contributed by atoms with Gasteiger partial charge in [-0.15, -0.1) is 0 Å². The Labute approximate surface area is 118 Å². The van der Waals surface area contributed by atoms with Gasteiger partial charge in [0.15, 0.2) is 0 Å². The van der Waals surface area contributed by atoms with Gasteiger partial charge in [-0.1, -0.05) is 60.7 Å². The van der Waals surface area contributed by atoms with Gasteiger partial charge >= 0.3 is 0 Å². The van der Waals surface area contributed by atoms with Crippen LogP contribution in [0.1, 0.15) is 0 Å². The molecule has 0 spiro atoms. The van der Waals surface area contributed by atoms with E-state index in [0.717, 1.165) is 22.3 Å². The van der Waals surface area contributed by atoms with E-state index in [0.29, 0.717) is 5.88 Å². The summed E-state index contributed by atoms with van der Waals surface area (Å²) in [6, 6.07) is 22.5. The van der Waals surface area contributed by atoms with Gasteiger partial charge in [0.1, 0.15) is 0 Å². The predicted octanol–water partition coefficient (Wildman–Crippen LogP) is 4.42. The summed E-state index contributed by atoms with van der Waals surface area (Å²) in [7, 11) is 1.66. The second kappa shape index (κ2) is 5.57. The molecule has 98 valence electrons. The standard InChI is InChI=1S/C18H15NO/c1-20-18-17(15-10-6-3-7-11-15)16(12-13-19-18)14-8-4-2-5-9-14/h2-13H,1H3. The Morgan fingerprint density at radius 2 is 1.35 bits per heavy atom. The number of benzene rings is 2. The molecule has 3 aromatic rings. The van der Waals surface area contributed by atoms with Crippen LogP contribution in [0.15, 0.2) is 72.9 Å². The Kier molecular flexibility index (Phi) is 3.46. The lowest BCUT2D eigenvalue weighted by Crippen LogP contribution is -1.94. The van der Waals surface area contributed by atoms with Gasteiger partial charge in [-0.2, -0.15) is 0 Å². The number of pyridine rings is 1. The van der Waals surface area contributed by atoms with E-state index >= 15 is 0 Å². The predicted molar refractivity (Wildman–Crippen MR) is 81.7 cm³/mol. The number of hydrogen-bond acceptors (Lipinski definition) is 2. The van der Waals surface area contributed by atoms with Crippen LogP contribution >= 0.6 is 0 Å². The molecule has 0 saturated heterocycles. The van der Waals surface area contributed by atoms with Gasteiger partial charge in [-0.3, -0.25) is 0 Å². The van der Waals surface area contributed by atoms with E-state index in [4.69, 9.17) is 4.74 Å². The molecule has 2 aromatic carbocycles. The van der Waals surface area contributed by atoms with E-state index in [1.54, 1.807) is 13.3 Å². The van der Waals surface area contributed by atoms with Gasteiger partial charge in [-0.05, 0) is 22.8 Å². The molecular formula is C18H15NO. The van der Waals surface area contributed by atoms with Gasteiger partial charge in [0, 0.05) is 6.20 Å². The molecular weight excluding hydrogens is 246 g/mol. The number of nitrogens with zero attached hydrogens (tertiary/aromatic N) is 1. The van der Waals surface area contributed by atoms with Crippen LogP contribution in [0.5, 0.6) is 5.88 Å². The Morgan fingerprint density at radius 3 is 1.95 bits per heavy atom. The van der Waals surface area contributed by atoms with Crippen LogP contribution < -0.4 is 4.74 Å². The third-order valence-electron chi connectivity index (χ3n) is 3.26. The van der Waals surface area contributed by atoms with Crippen molar-refractivity contribution < 1.29 is 4.74 Å². The van der Waals surface area contributed by atoms with E-state index < -0.39 is 0 Å². The topological polar surface area (TPSA) is 22.1 Å². The third kappa shape index (κ3) is 2.28. The molecule has 1 heterocycles. The first-order valence-corrected chi connectivity index (χ1v) is 6.54. The number of aromatic nitrogens is 1. The molecule has 0 aliphatic heterocycles. The molecule has 20 heavy (non-hydrogen) atoms. The second-order valence-electron chi connectivity index (χ2n) is 4.47. The summed E-state index contributed by atoms with van der Waals surface area (Å²) in [5.41, 5.74) is 4.42. The molecule has 2 heteroatoms. The quantitative estimate of drug-likeness (QED) is 0.696. The zero-order valence-electron chi connectivity index (χ0n) is 11.3. The van der Waals surface area contributed by atoms with Crippen molar-refractivity contribution in [1.82, 2.24) is 4.98 Å². The van der Waals surface area contributed by atoms with Crippen LogP contribution in [0.3, 0.4) is 0 Å². The Balaban J connectivity index is 2.26. The number of hydrogen-bond donors (Lipinski definition) is 0. The van der Waals surface area contributed by atoms with E-state index in [9.17, 15) is 0 Å². The fourth-order valence-corrected chi connectivity index (χ4v) is 2.34. The highest BCUT2D eigenvalue weighted by atomic mass is 16.5. The second-order valence-corrected chi connectivity index (χ2v) is 4.47. The van der Waals surface area contributed by atoms with E-state index in [1.807, 2.05) is 42.5 Å². The highest BCUT2D eigenvalue weighted by Crippen LogP contribution is 2.37. The van der Waals surface area contributed by atoms with Crippen molar-refractivity contribution in [2.45, 2.75) is 0 Å². The van der Waals surface area contributed by atoms with E-state index in [-0.39, 0.29) is 0 Å². The summed E-state index contributed by atoms with van der Waals surface area (Å²) >= 11 is 0. The first-order chi connectivity index (χ1) is 9.90. The molecule has 0 atom stereocenters. The Hall–Kier alpha value is -2.61. The molecule has 0 N–H and O–H groups in total. The molecule has 1 aromatic heterocycles. The number of methoxy groups -OCH3 is 1. The average Bonchev–Trinajstić information content (AvgIpc) is 2.55. The molecule has 0 saturated carbocycles. The summed E-state index contributed by atoms with van der Waals surface area (Å²) in [6.07, 6.45) is 1.79. The minimum atomic E-state index is 0.651. The monoisotopic (exact) mass is 261 g/mol. The Morgan fingerprint density at radius 1 is 0.750 bits per heavy atom. The SMILES string of the molecule is COc1nccc(-c2ccccc2)c1-c1ccccc1. The highest BCUT2D eigenvalue weighted by molar-refractivity contribution is 5.86. The normalized spacial score (nSPS) is 10.2. The molecule has 3 rings (SSSR count). The van der Waals surface area contributed by atoms with Crippen LogP contribution in [-0.4, -0.2) is 12.1 Å². The van der Waals surface area contributed by atoms with Crippen LogP contribution in [-0.2, 0) is 0 Å². The van der Waals surface area contributed by atoms with Crippen molar-refractivity contribution in [2.24, 2.45) is 0 Å². The zero-order chi connectivity index (χ0) is 13.8. The minimum absolute atomic E-state index is 0.651. The molecule has 0 aliphatic carbocycles. The van der Waals surface area contributed by atoms with Gasteiger partial charge in [0.05, 0.1) is 12.7 Å². The fraction of sp³-hybridized carbons (Fsp3) is 0.0556. The van der Waals surface area contributed by atoms with Gasteiger partial charge in [0.25, 0.3) is 0 Å². The number of rotatable bonds is 3. The lowest BCUT2D eigenvalue weighted by Gasteiger charge is -2.13. The summed E-state index contributed by atoms with van der Waals surface area (Å²) in [6.45, 7) is 0. The number of ether oxygens (including phenoxy) is 1. The molecule has 0 radical (unpaired) electrons. The summed E-state index contributed by atoms with van der Waals surface area (Å²) < 4.78 is 5.45. The van der Waals surface area contributed by atoms with Gasteiger partial charge in [-0.25, -0.2) is 4.98 Å². The molecule has 2 nitrogen and oxygen atoms in total. The maximum absolute atomic E-state index is 5.45. The van der Waals surface area contributed by atoms with Crippen molar-refractivity contribution in [3.05, 3.63) is 72.9 Å². The molecule has 0 amide bonds. The Bertz CT molecular complexity index is 693. The summed E-state index contributed by atoms with van der Waals surface area (Å²) in [4.78, 5) is 4.34. The van der Waals surface area contributed by atoms with Crippen molar-refractivity contribution in [3.63, 3.8) is 0 Å². The first kappa shape index (κ1) is 12.4. The fourth-order valence-electron chi connectivity index (χ4n) is 2.34. The first-order valence-electron chi connectivity index (χ1n) is 6.54. The van der Waals surface area contributed by atoms with Crippen molar-refractivity contribution >= 4 is 0 Å².